The fourth-order valence-electron chi connectivity index (χ4n) is 6.56. The highest BCUT2D eigenvalue weighted by Crippen LogP contribution is 2.26. The lowest BCUT2D eigenvalue weighted by Crippen LogP contribution is -2.54. The topological polar surface area (TPSA) is 198 Å². The molecular weight excluding hydrogens is 741 g/mol. The molecular formula is C40H48N6O9S. The first-order valence-corrected chi connectivity index (χ1v) is 20.0. The van der Waals surface area contributed by atoms with Crippen LogP contribution in [0.25, 0.3) is 0 Å². The highest BCUT2D eigenvalue weighted by atomic mass is 32.2. The summed E-state index contributed by atoms with van der Waals surface area (Å²) in [6.45, 7) is 1.67. The second-order valence-electron chi connectivity index (χ2n) is 14.1. The van der Waals surface area contributed by atoms with Crippen molar-refractivity contribution in [2.24, 2.45) is 10.9 Å². The smallest absolute Gasteiger partial charge is 0.437 e. The van der Waals surface area contributed by atoms with Crippen LogP contribution in [0.2, 0.25) is 0 Å². The molecule has 1 aliphatic heterocycles. The first kappa shape index (κ1) is 41.4. The number of alkyl carbamates (subject to hydrolysis) is 1. The number of hydrogen-bond donors (Lipinski definition) is 4. The zero-order chi connectivity index (χ0) is 40.0. The predicted molar refractivity (Wildman–Crippen MR) is 211 cm³/mol. The largest absolute Gasteiger partial charge is 0.444 e. The Balaban J connectivity index is 1.22. The number of ether oxygens (including phenoxy) is 2. The van der Waals surface area contributed by atoms with Gasteiger partial charge in [-0.05, 0) is 73.8 Å². The van der Waals surface area contributed by atoms with Crippen molar-refractivity contribution in [2.75, 3.05) is 31.0 Å². The first-order valence-electron chi connectivity index (χ1n) is 18.4. The van der Waals surface area contributed by atoms with Crippen LogP contribution in [0.1, 0.15) is 50.2 Å². The van der Waals surface area contributed by atoms with Crippen LogP contribution < -0.4 is 20.9 Å². The third-order valence-electron chi connectivity index (χ3n) is 9.25. The molecule has 15 nitrogen and oxygen atoms in total. The number of rotatable bonds is 14. The van der Waals surface area contributed by atoms with Crippen molar-refractivity contribution in [2.45, 2.75) is 63.5 Å². The number of carbonyl (C=O) groups excluding carboxylic acids is 3. The molecule has 1 fully saturated rings. The summed E-state index contributed by atoms with van der Waals surface area (Å²) >= 11 is 0. The summed E-state index contributed by atoms with van der Waals surface area (Å²) in [6, 6.07) is 20.4. The number of hydrogen-bond acceptors (Lipinski definition) is 9. The van der Waals surface area contributed by atoms with Crippen LogP contribution in [0.5, 0.6) is 0 Å². The lowest BCUT2D eigenvalue weighted by Gasteiger charge is -2.39. The second-order valence-corrected chi connectivity index (χ2v) is 15.8. The van der Waals surface area contributed by atoms with Crippen LogP contribution in [0.3, 0.4) is 0 Å². The Morgan fingerprint density at radius 2 is 1.71 bits per heavy atom. The monoisotopic (exact) mass is 788 g/mol. The van der Waals surface area contributed by atoms with Crippen molar-refractivity contribution < 1.29 is 37.4 Å². The fourth-order valence-corrected chi connectivity index (χ4v) is 7.75. The normalized spacial score (nSPS) is 16.9. The van der Waals surface area contributed by atoms with Gasteiger partial charge >= 0.3 is 12.2 Å². The zero-order valence-corrected chi connectivity index (χ0v) is 32.1. The van der Waals surface area contributed by atoms with Gasteiger partial charge in [0, 0.05) is 19.3 Å². The summed E-state index contributed by atoms with van der Waals surface area (Å²) in [5.74, 6) is -1.08. The lowest BCUT2D eigenvalue weighted by molar-refractivity contribution is -0.124. The van der Waals surface area contributed by atoms with E-state index < -0.39 is 52.4 Å². The average molecular weight is 789 g/mol. The molecule has 3 amide bonds. The number of nitrogens with one attached hydrogen (secondary N) is 3. The van der Waals surface area contributed by atoms with E-state index in [-0.39, 0.29) is 36.5 Å². The Morgan fingerprint density at radius 1 is 0.982 bits per heavy atom. The molecule has 1 aromatic heterocycles. The summed E-state index contributed by atoms with van der Waals surface area (Å²) in [6.07, 6.45) is 8.78. The number of nitrogens with zero attached hydrogens (tertiary/aromatic N) is 3. The van der Waals surface area contributed by atoms with Gasteiger partial charge < -0.3 is 29.4 Å². The Morgan fingerprint density at radius 3 is 2.41 bits per heavy atom. The summed E-state index contributed by atoms with van der Waals surface area (Å²) in [4.78, 5) is 58.2. The molecule has 0 saturated carbocycles. The molecule has 2 heterocycles. The van der Waals surface area contributed by atoms with Gasteiger partial charge in [-0.25, -0.2) is 18.0 Å². The molecule has 1 saturated heterocycles. The lowest BCUT2D eigenvalue weighted by atomic mass is 9.84. The van der Waals surface area contributed by atoms with Crippen LogP contribution in [0, 0.1) is 5.92 Å². The van der Waals surface area contributed by atoms with E-state index in [1.54, 1.807) is 42.2 Å². The van der Waals surface area contributed by atoms with E-state index in [1.807, 2.05) is 48.6 Å². The number of pyridine rings is 1. The van der Waals surface area contributed by atoms with E-state index in [0.29, 0.717) is 37.9 Å². The van der Waals surface area contributed by atoms with Crippen LogP contribution in [-0.2, 0) is 43.2 Å². The van der Waals surface area contributed by atoms with Gasteiger partial charge in [0.1, 0.15) is 25.4 Å². The van der Waals surface area contributed by atoms with Crippen molar-refractivity contribution in [3.8, 4) is 0 Å². The quantitative estimate of drug-likeness (QED) is 0.134. The Hall–Kier alpha value is -5.74. The number of anilines is 1. The molecule has 0 radical (unpaired) electrons. The molecule has 2 atom stereocenters. The van der Waals surface area contributed by atoms with Crippen LogP contribution in [-0.4, -0.2) is 78.9 Å². The number of allylic oxidation sites excluding steroid dienone is 3. The number of piperidine rings is 1. The minimum Gasteiger partial charge on any atom is -0.444 e. The second kappa shape index (κ2) is 19.7. The number of aliphatic hydroxyl groups is 1. The Bertz CT molecular complexity index is 2090. The maximum Gasteiger partial charge on any atom is 0.437 e. The number of likely N-dealkylation sites (tertiary alicyclic amines) is 1. The third kappa shape index (κ3) is 12.9. The van der Waals surface area contributed by atoms with Crippen molar-refractivity contribution in [1.29, 1.82) is 0 Å². The van der Waals surface area contributed by atoms with E-state index in [4.69, 9.17) is 9.47 Å². The van der Waals surface area contributed by atoms with Crippen molar-refractivity contribution in [3.63, 3.8) is 0 Å². The Kier molecular flexibility index (Phi) is 14.6. The molecule has 5 rings (SSSR count). The van der Waals surface area contributed by atoms with Gasteiger partial charge in [-0.3, -0.25) is 19.6 Å². The van der Waals surface area contributed by atoms with Gasteiger partial charge in [-0.1, -0.05) is 78.9 Å². The van der Waals surface area contributed by atoms with Gasteiger partial charge in [-0.15, -0.1) is 4.99 Å². The highest BCUT2D eigenvalue weighted by molar-refractivity contribution is 7.91. The first-order chi connectivity index (χ1) is 26.9. The van der Waals surface area contributed by atoms with Gasteiger partial charge in [-0.2, -0.15) is 0 Å². The van der Waals surface area contributed by atoms with Gasteiger partial charge in [0.25, 0.3) is 5.56 Å². The summed E-state index contributed by atoms with van der Waals surface area (Å²) < 4.78 is 39.8. The molecule has 3 aromatic rings. The van der Waals surface area contributed by atoms with Gasteiger partial charge in [0.05, 0.1) is 17.9 Å². The molecule has 1 aliphatic carbocycles. The predicted octanol–water partition coefficient (Wildman–Crippen LogP) is 4.45. The number of sulfonamides is 1. The van der Waals surface area contributed by atoms with Gasteiger partial charge in [0.15, 0.2) is 0 Å². The summed E-state index contributed by atoms with van der Waals surface area (Å²) in [5.41, 5.74) is 0.233. The number of carbonyl (C=O) groups is 3. The number of aliphatic hydroxyl groups excluding tert-OH is 1. The van der Waals surface area contributed by atoms with Crippen LogP contribution >= 0.6 is 0 Å². The molecule has 298 valence electrons. The van der Waals surface area contributed by atoms with Crippen molar-refractivity contribution in [3.05, 3.63) is 124 Å². The molecule has 2 aliphatic rings. The Labute approximate surface area is 326 Å². The van der Waals surface area contributed by atoms with E-state index in [0.717, 1.165) is 28.5 Å². The van der Waals surface area contributed by atoms with E-state index in [9.17, 15) is 32.7 Å². The maximum absolute atomic E-state index is 13.3. The molecule has 0 bridgehead atoms. The van der Waals surface area contributed by atoms with E-state index in [2.05, 4.69) is 20.3 Å². The van der Waals surface area contributed by atoms with E-state index in [1.165, 1.54) is 18.3 Å². The molecule has 0 spiro atoms. The van der Waals surface area contributed by atoms with Gasteiger partial charge in [0.2, 0.25) is 21.9 Å². The zero-order valence-electron chi connectivity index (χ0n) is 31.3. The third-order valence-corrected chi connectivity index (χ3v) is 10.5. The maximum atomic E-state index is 13.3. The molecule has 56 heavy (non-hydrogen) atoms. The van der Waals surface area contributed by atoms with Crippen LogP contribution in [0.4, 0.5) is 15.3 Å². The standard InChI is InChI=1S/C40H48N6O9S/c1-40(29-47,43-35(48)25-45-21-12-20-34(36(45)49)44-56(52,53)28-32-17-9-4-10-18-32)23-33-19-11-22-46(24-33)37(41-38(50)54-26-30-13-5-2-6-14-30)42-39(51)55-27-31-15-7-3-8-16-31/h2-7,9-10,12-15,17-18,20-21,33,44,47H,8,11,16,19,22-29H2,1H3,(H,43,48)(H,41,42,50,51). The number of aliphatic imine (C=N–C) groups is 1. The fraction of sp³-hybridized carbons (Fsp3) is 0.375. The van der Waals surface area contributed by atoms with Crippen molar-refractivity contribution >= 4 is 39.8 Å². The number of aromatic nitrogens is 1. The SMILES string of the molecule is CC(CO)(CC1CCCN(/C(=N/C(=O)OCC2=CC=CCC2)NC(=O)OCc2ccccc2)C1)NC(=O)Cn1cccc(NS(=O)(=O)Cc2ccccc2)c1=O. The summed E-state index contributed by atoms with van der Waals surface area (Å²) in [7, 11) is -3.92. The van der Waals surface area contributed by atoms with E-state index >= 15 is 0 Å². The molecule has 2 unspecified atom stereocenters. The summed E-state index contributed by atoms with van der Waals surface area (Å²) in [5, 5.41) is 15.9. The van der Waals surface area contributed by atoms with Crippen molar-refractivity contribution in [1.82, 2.24) is 20.1 Å². The average Bonchev–Trinajstić information content (AvgIpc) is 3.18. The minimum absolute atomic E-state index is 0.00351. The highest BCUT2D eigenvalue weighted by Gasteiger charge is 2.33. The number of guanidine groups is 1. The molecule has 16 heteroatoms. The number of benzene rings is 2. The number of amides is 3. The molecule has 2 aromatic carbocycles. The van der Waals surface area contributed by atoms with Crippen LogP contribution in [0.15, 0.2) is 113 Å². The molecule has 4 N–H and O–H groups in total. The minimum atomic E-state index is -3.92.